The molecule has 254 valence electrons. The van der Waals surface area contributed by atoms with Crippen LogP contribution >= 0.6 is 0 Å². The second kappa shape index (κ2) is 22.3. The number of rotatable bonds is 20. The van der Waals surface area contributed by atoms with Crippen molar-refractivity contribution < 1.29 is 20.8 Å². The molecule has 1 atom stereocenters. The Balaban J connectivity index is 3.35. The Hall–Kier alpha value is -4.22. The standard InChI is InChI=1S/C34H54N8O4/c1-9-31(39-43)23(5)35-19-29(20-36-24(6)32(10-2)40-44)17-27-14-13-15-28(16-27)18-30(21-37-25(7)33(11-3)41-45)22-38-26(8)34(12-4)42-46/h13-16,29-30,43-46H,9-12,17-22H2,1-8H3/b35-23?,36-24?,37-25?,38-26?,39-31-,40-32-,41-33-,42-34+. The van der Waals surface area contributed by atoms with Crippen LogP contribution in [-0.4, -0.2) is 92.7 Å². The lowest BCUT2D eigenvalue weighted by atomic mass is 9.94. The summed E-state index contributed by atoms with van der Waals surface area (Å²) in [7, 11) is 0. The van der Waals surface area contributed by atoms with Gasteiger partial charge in [-0.15, -0.1) is 0 Å². The first kappa shape index (κ1) is 39.8. The van der Waals surface area contributed by atoms with Crippen molar-refractivity contribution in [2.45, 2.75) is 93.9 Å². The summed E-state index contributed by atoms with van der Waals surface area (Å²) in [6.07, 6.45) is 3.75. The van der Waals surface area contributed by atoms with Crippen molar-refractivity contribution in [2.75, 3.05) is 26.2 Å². The van der Waals surface area contributed by atoms with Gasteiger partial charge in [0, 0.05) is 38.0 Å². The Morgan fingerprint density at radius 3 is 0.978 bits per heavy atom. The highest BCUT2D eigenvalue weighted by Gasteiger charge is 2.15. The highest BCUT2D eigenvalue weighted by Crippen LogP contribution is 2.17. The van der Waals surface area contributed by atoms with E-state index in [0.717, 1.165) is 24.0 Å². The SMILES string of the molecule is CC/C(=N/O)C(C)=NCC(CN=C(C)/C(CC)=N\O)Cc1cccc(CC(CN=C(C)/C(CC)=N\O)CN=C(C)/C(CC)=N/O)c1. The van der Waals surface area contributed by atoms with Crippen LogP contribution in [0.15, 0.2) is 64.9 Å². The van der Waals surface area contributed by atoms with Gasteiger partial charge in [0.05, 0.1) is 45.7 Å². The van der Waals surface area contributed by atoms with Crippen LogP contribution < -0.4 is 0 Å². The maximum atomic E-state index is 9.33. The second-order valence-electron chi connectivity index (χ2n) is 11.3. The van der Waals surface area contributed by atoms with Gasteiger partial charge >= 0.3 is 0 Å². The summed E-state index contributed by atoms with van der Waals surface area (Å²) in [6.45, 7) is 17.0. The monoisotopic (exact) mass is 638 g/mol. The van der Waals surface area contributed by atoms with Crippen molar-refractivity contribution in [1.82, 2.24) is 0 Å². The average Bonchev–Trinajstić information content (AvgIpc) is 3.06. The zero-order chi connectivity index (χ0) is 34.5. The number of nitrogens with zero attached hydrogens (tertiary/aromatic N) is 8. The summed E-state index contributed by atoms with van der Waals surface area (Å²) >= 11 is 0. The van der Waals surface area contributed by atoms with E-state index in [2.05, 4.69) is 38.8 Å². The number of hydrogen-bond donors (Lipinski definition) is 4. The Labute approximate surface area is 274 Å². The second-order valence-corrected chi connectivity index (χ2v) is 11.3. The topological polar surface area (TPSA) is 180 Å². The molecule has 0 aliphatic heterocycles. The minimum Gasteiger partial charge on any atom is -0.411 e. The molecule has 0 aliphatic carbocycles. The number of benzene rings is 1. The van der Waals surface area contributed by atoms with Crippen LogP contribution in [0.1, 0.15) is 92.2 Å². The molecule has 0 saturated carbocycles. The molecule has 1 aromatic carbocycles. The molecule has 12 nitrogen and oxygen atoms in total. The Kier molecular flexibility index (Phi) is 19.3. The molecule has 1 unspecified atom stereocenters. The summed E-state index contributed by atoms with van der Waals surface area (Å²) in [5.41, 5.74) is 7.26. The van der Waals surface area contributed by atoms with Gasteiger partial charge in [-0.1, -0.05) is 72.6 Å². The van der Waals surface area contributed by atoms with Crippen molar-refractivity contribution in [3.05, 3.63) is 35.4 Å². The van der Waals surface area contributed by atoms with Gasteiger partial charge in [0.1, 0.15) is 0 Å². The van der Waals surface area contributed by atoms with Gasteiger partial charge in [-0.2, -0.15) is 0 Å². The molecule has 0 heterocycles. The molecule has 46 heavy (non-hydrogen) atoms. The smallest absolute Gasteiger partial charge is 0.0999 e. The van der Waals surface area contributed by atoms with E-state index in [-0.39, 0.29) is 11.8 Å². The van der Waals surface area contributed by atoms with Crippen molar-refractivity contribution in [2.24, 2.45) is 52.4 Å². The summed E-state index contributed by atoms with van der Waals surface area (Å²) < 4.78 is 0. The van der Waals surface area contributed by atoms with Crippen molar-refractivity contribution in [3.63, 3.8) is 0 Å². The zero-order valence-electron chi connectivity index (χ0n) is 28.9. The van der Waals surface area contributed by atoms with E-state index < -0.39 is 0 Å². The quantitative estimate of drug-likeness (QED) is 0.0696. The molecule has 0 fully saturated rings. The lowest BCUT2D eigenvalue weighted by molar-refractivity contribution is 0.318. The molecular weight excluding hydrogens is 584 g/mol. The molecule has 0 amide bonds. The largest absolute Gasteiger partial charge is 0.411 e. The molecule has 0 bridgehead atoms. The van der Waals surface area contributed by atoms with Gasteiger partial charge in [0.2, 0.25) is 0 Å². The van der Waals surface area contributed by atoms with E-state index in [0.29, 0.717) is 97.6 Å². The number of oxime groups is 4. The van der Waals surface area contributed by atoms with Crippen LogP contribution in [0.5, 0.6) is 0 Å². The zero-order valence-corrected chi connectivity index (χ0v) is 28.9. The summed E-state index contributed by atoms with van der Waals surface area (Å²) in [5, 5.41) is 50.8. The summed E-state index contributed by atoms with van der Waals surface area (Å²) in [6, 6.07) is 8.43. The van der Waals surface area contributed by atoms with Crippen LogP contribution in [0.25, 0.3) is 0 Å². The minimum atomic E-state index is 0.0551. The van der Waals surface area contributed by atoms with Crippen LogP contribution in [0.3, 0.4) is 0 Å². The first-order chi connectivity index (χ1) is 22.1. The molecule has 0 radical (unpaired) electrons. The summed E-state index contributed by atoms with van der Waals surface area (Å²) in [4.78, 5) is 18.9. The first-order valence-corrected chi connectivity index (χ1v) is 16.1. The molecule has 0 spiro atoms. The fourth-order valence-corrected chi connectivity index (χ4v) is 4.95. The molecule has 0 aromatic heterocycles. The Morgan fingerprint density at radius 1 is 0.500 bits per heavy atom. The van der Waals surface area contributed by atoms with Gasteiger partial charge in [0.25, 0.3) is 0 Å². The maximum absolute atomic E-state index is 9.33. The van der Waals surface area contributed by atoms with E-state index >= 15 is 0 Å². The Morgan fingerprint density at radius 2 is 0.761 bits per heavy atom. The van der Waals surface area contributed by atoms with Crippen LogP contribution in [0.4, 0.5) is 0 Å². The average molecular weight is 639 g/mol. The van der Waals surface area contributed by atoms with Gasteiger partial charge in [-0.25, -0.2) is 0 Å². The van der Waals surface area contributed by atoms with E-state index in [9.17, 15) is 20.8 Å². The van der Waals surface area contributed by atoms with Gasteiger partial charge in [0.15, 0.2) is 0 Å². The Bertz CT molecular complexity index is 1170. The van der Waals surface area contributed by atoms with E-state index in [4.69, 9.17) is 20.0 Å². The third-order valence-electron chi connectivity index (χ3n) is 7.88. The van der Waals surface area contributed by atoms with Gasteiger partial charge in [-0.05, 0) is 77.3 Å². The van der Waals surface area contributed by atoms with Crippen LogP contribution in [0.2, 0.25) is 0 Å². The molecule has 4 N–H and O–H groups in total. The lowest BCUT2D eigenvalue weighted by Crippen LogP contribution is -2.19. The van der Waals surface area contributed by atoms with Gasteiger partial charge < -0.3 is 20.8 Å². The molecular formula is C34H54N8O4. The maximum Gasteiger partial charge on any atom is 0.0999 e. The van der Waals surface area contributed by atoms with Gasteiger partial charge in [-0.3, -0.25) is 20.0 Å². The molecule has 0 saturated heterocycles. The van der Waals surface area contributed by atoms with Crippen LogP contribution in [0, 0.1) is 11.8 Å². The fraction of sp³-hybridized carbons (Fsp3) is 0.588. The predicted molar refractivity (Wildman–Crippen MR) is 191 cm³/mol. The van der Waals surface area contributed by atoms with E-state index in [1.54, 1.807) is 0 Å². The van der Waals surface area contributed by atoms with Crippen molar-refractivity contribution in [3.8, 4) is 0 Å². The normalized spacial score (nSPS) is 16.2. The van der Waals surface area contributed by atoms with E-state index in [1.165, 1.54) is 0 Å². The molecule has 1 rings (SSSR count). The third-order valence-corrected chi connectivity index (χ3v) is 7.88. The highest BCUT2D eigenvalue weighted by molar-refractivity contribution is 6.42. The van der Waals surface area contributed by atoms with Crippen LogP contribution in [-0.2, 0) is 12.8 Å². The summed E-state index contributed by atoms with van der Waals surface area (Å²) in [5.74, 6) is 0.110. The fourth-order valence-electron chi connectivity index (χ4n) is 4.95. The number of aliphatic imine (C=N–C) groups is 4. The first-order valence-electron chi connectivity index (χ1n) is 16.1. The molecule has 1 aromatic rings. The lowest BCUT2D eigenvalue weighted by Gasteiger charge is -2.17. The predicted octanol–water partition coefficient (Wildman–Crippen LogP) is 6.81. The third kappa shape index (κ3) is 13.8. The minimum absolute atomic E-state index is 0.0551. The van der Waals surface area contributed by atoms with Crippen molar-refractivity contribution >= 4 is 45.7 Å². The number of hydrogen-bond acceptors (Lipinski definition) is 12. The van der Waals surface area contributed by atoms with Crippen molar-refractivity contribution in [1.29, 1.82) is 0 Å². The molecule has 12 heteroatoms. The van der Waals surface area contributed by atoms with E-state index in [1.807, 2.05) is 61.5 Å². The molecule has 0 aliphatic rings. The highest BCUT2D eigenvalue weighted by atomic mass is 16.4.